The molecule has 2 N–H and O–H groups in total. The molecule has 0 saturated heterocycles. The van der Waals surface area contributed by atoms with Gasteiger partial charge in [-0.1, -0.05) is 18.2 Å². The molecule has 22 heavy (non-hydrogen) atoms. The first-order chi connectivity index (χ1) is 10.4. The van der Waals surface area contributed by atoms with Crippen LogP contribution in [0.25, 0.3) is 11.6 Å². The molecule has 0 radical (unpaired) electrons. The normalized spacial score (nSPS) is 11.1. The van der Waals surface area contributed by atoms with Gasteiger partial charge in [-0.25, -0.2) is 0 Å². The van der Waals surface area contributed by atoms with Gasteiger partial charge in [-0.2, -0.15) is 20.2 Å². The molecule has 0 saturated carbocycles. The molecule has 0 aliphatic heterocycles. The quantitative estimate of drug-likeness (QED) is 0.872. The Labute approximate surface area is 130 Å². The van der Waals surface area contributed by atoms with E-state index >= 15 is 0 Å². The number of nitriles is 1. The van der Waals surface area contributed by atoms with Crippen molar-refractivity contribution in [2.45, 2.75) is 13.8 Å². The summed E-state index contributed by atoms with van der Waals surface area (Å²) in [6, 6.07) is 8.12. The standard InChI is InChI=1S/C16H18N6/c1-10-5-6-12(7-11(10)2)8-13(9-17)14-19-15(18)21-16(20-14)22(3)4/h5-8H,1-4H3,(H2,18,19,20,21)/b13-8+. The van der Waals surface area contributed by atoms with E-state index in [1.807, 2.05) is 32.0 Å². The molecular formula is C16H18N6. The minimum Gasteiger partial charge on any atom is -0.368 e. The number of rotatable bonds is 3. The average molecular weight is 294 g/mol. The minimum atomic E-state index is 0.0925. The molecule has 0 bridgehead atoms. The predicted molar refractivity (Wildman–Crippen MR) is 88.0 cm³/mol. The Balaban J connectivity index is 2.50. The minimum absolute atomic E-state index is 0.0925. The number of aromatic nitrogens is 3. The van der Waals surface area contributed by atoms with Crippen molar-refractivity contribution in [3.05, 3.63) is 40.7 Å². The molecule has 0 spiro atoms. The Kier molecular flexibility index (Phi) is 4.37. The maximum Gasteiger partial charge on any atom is 0.230 e. The van der Waals surface area contributed by atoms with Crippen LogP contribution in [0.4, 0.5) is 11.9 Å². The summed E-state index contributed by atoms with van der Waals surface area (Å²) >= 11 is 0. The van der Waals surface area contributed by atoms with E-state index in [0.29, 0.717) is 11.5 Å². The second-order valence-electron chi connectivity index (χ2n) is 5.23. The Morgan fingerprint density at radius 1 is 1.18 bits per heavy atom. The molecule has 1 aromatic heterocycles. The van der Waals surface area contributed by atoms with Crippen molar-refractivity contribution >= 4 is 23.5 Å². The van der Waals surface area contributed by atoms with Crippen LogP contribution in [-0.4, -0.2) is 29.0 Å². The van der Waals surface area contributed by atoms with E-state index in [1.54, 1.807) is 25.1 Å². The molecule has 6 nitrogen and oxygen atoms in total. The summed E-state index contributed by atoms with van der Waals surface area (Å²) in [5.41, 5.74) is 9.34. The number of aryl methyl sites for hydroxylation is 2. The number of hydrogen-bond acceptors (Lipinski definition) is 6. The van der Waals surface area contributed by atoms with Crippen molar-refractivity contribution in [3.8, 4) is 6.07 Å². The first kappa shape index (κ1) is 15.4. The second-order valence-corrected chi connectivity index (χ2v) is 5.23. The lowest BCUT2D eigenvalue weighted by atomic mass is 10.0. The zero-order valence-electron chi connectivity index (χ0n) is 13.1. The summed E-state index contributed by atoms with van der Waals surface area (Å²) in [5.74, 6) is 0.788. The van der Waals surface area contributed by atoms with E-state index in [0.717, 1.165) is 11.1 Å². The summed E-state index contributed by atoms with van der Waals surface area (Å²) in [6.45, 7) is 4.08. The summed E-state index contributed by atoms with van der Waals surface area (Å²) in [4.78, 5) is 14.1. The molecule has 0 amide bonds. The zero-order valence-corrected chi connectivity index (χ0v) is 13.1. The molecule has 0 unspecified atom stereocenters. The van der Waals surface area contributed by atoms with Crippen LogP contribution in [0.2, 0.25) is 0 Å². The fraction of sp³-hybridized carbons (Fsp3) is 0.250. The van der Waals surface area contributed by atoms with Crippen LogP contribution in [0.1, 0.15) is 22.5 Å². The second kappa shape index (κ2) is 6.22. The predicted octanol–water partition coefficient (Wildman–Crippen LogP) is 2.20. The van der Waals surface area contributed by atoms with Crippen LogP contribution in [0, 0.1) is 25.2 Å². The third-order valence-corrected chi connectivity index (χ3v) is 3.24. The van der Waals surface area contributed by atoms with Crippen LogP contribution in [0.5, 0.6) is 0 Å². The highest BCUT2D eigenvalue weighted by molar-refractivity contribution is 5.87. The maximum absolute atomic E-state index is 9.41. The summed E-state index contributed by atoms with van der Waals surface area (Å²) in [6.07, 6.45) is 1.75. The molecule has 0 atom stereocenters. The highest BCUT2D eigenvalue weighted by Crippen LogP contribution is 2.18. The van der Waals surface area contributed by atoms with Gasteiger partial charge in [0, 0.05) is 14.1 Å². The van der Waals surface area contributed by atoms with E-state index in [1.165, 1.54) is 5.56 Å². The maximum atomic E-state index is 9.41. The van der Waals surface area contributed by atoms with Gasteiger partial charge < -0.3 is 10.6 Å². The van der Waals surface area contributed by atoms with Gasteiger partial charge in [0.05, 0.1) is 5.57 Å². The summed E-state index contributed by atoms with van der Waals surface area (Å²) < 4.78 is 0. The lowest BCUT2D eigenvalue weighted by Crippen LogP contribution is -2.15. The van der Waals surface area contributed by atoms with Crippen molar-refractivity contribution < 1.29 is 0 Å². The largest absolute Gasteiger partial charge is 0.368 e. The van der Waals surface area contributed by atoms with E-state index in [9.17, 15) is 5.26 Å². The van der Waals surface area contributed by atoms with Gasteiger partial charge in [-0.05, 0) is 36.6 Å². The third-order valence-electron chi connectivity index (χ3n) is 3.24. The van der Waals surface area contributed by atoms with Gasteiger partial charge >= 0.3 is 0 Å². The lowest BCUT2D eigenvalue weighted by Gasteiger charge is -2.11. The molecule has 0 fully saturated rings. The van der Waals surface area contributed by atoms with Crippen molar-refractivity contribution in [1.82, 2.24) is 15.0 Å². The van der Waals surface area contributed by atoms with Crippen molar-refractivity contribution in [2.75, 3.05) is 24.7 Å². The first-order valence-corrected chi connectivity index (χ1v) is 6.79. The molecule has 112 valence electrons. The Hall–Kier alpha value is -2.94. The molecule has 0 aliphatic rings. The number of benzene rings is 1. The van der Waals surface area contributed by atoms with Gasteiger partial charge in [0.15, 0.2) is 5.82 Å². The molecule has 6 heteroatoms. The Morgan fingerprint density at radius 2 is 1.91 bits per heavy atom. The lowest BCUT2D eigenvalue weighted by molar-refractivity contribution is 0.952. The topological polar surface area (TPSA) is 91.7 Å². The molecule has 2 aromatic rings. The SMILES string of the molecule is Cc1ccc(/C=C(\C#N)c2nc(N)nc(N(C)C)n2)cc1C. The van der Waals surface area contributed by atoms with E-state index in [2.05, 4.69) is 21.0 Å². The van der Waals surface area contributed by atoms with Gasteiger partial charge in [-0.15, -0.1) is 0 Å². The zero-order chi connectivity index (χ0) is 16.3. The van der Waals surface area contributed by atoms with Crippen LogP contribution >= 0.6 is 0 Å². The number of nitrogens with zero attached hydrogens (tertiary/aromatic N) is 5. The van der Waals surface area contributed by atoms with Crippen LogP contribution < -0.4 is 10.6 Å². The fourth-order valence-electron chi connectivity index (χ4n) is 1.87. The summed E-state index contributed by atoms with van der Waals surface area (Å²) in [7, 11) is 3.61. The Bertz CT molecular complexity index is 771. The third kappa shape index (κ3) is 3.38. The number of nitrogen functional groups attached to an aromatic ring is 1. The smallest absolute Gasteiger partial charge is 0.230 e. The van der Waals surface area contributed by atoms with Crippen LogP contribution in [0.3, 0.4) is 0 Å². The first-order valence-electron chi connectivity index (χ1n) is 6.79. The van der Waals surface area contributed by atoms with Crippen LogP contribution in [-0.2, 0) is 0 Å². The summed E-state index contributed by atoms with van der Waals surface area (Å²) in [5, 5.41) is 9.41. The molecule has 1 aromatic carbocycles. The van der Waals surface area contributed by atoms with Crippen LogP contribution in [0.15, 0.2) is 18.2 Å². The Morgan fingerprint density at radius 3 is 2.50 bits per heavy atom. The highest BCUT2D eigenvalue weighted by atomic mass is 15.3. The van der Waals surface area contributed by atoms with Gasteiger partial charge in [0.25, 0.3) is 0 Å². The monoisotopic (exact) mass is 294 g/mol. The number of hydrogen-bond donors (Lipinski definition) is 1. The van der Waals surface area contributed by atoms with Gasteiger partial charge in [-0.3, -0.25) is 0 Å². The number of nitrogens with two attached hydrogens (primary N) is 1. The molecule has 2 rings (SSSR count). The van der Waals surface area contributed by atoms with Gasteiger partial charge in [0.1, 0.15) is 6.07 Å². The molecule has 0 aliphatic carbocycles. The fourth-order valence-corrected chi connectivity index (χ4v) is 1.87. The van der Waals surface area contributed by atoms with Crippen molar-refractivity contribution in [3.63, 3.8) is 0 Å². The molecular weight excluding hydrogens is 276 g/mol. The van der Waals surface area contributed by atoms with E-state index in [4.69, 9.17) is 5.73 Å². The van der Waals surface area contributed by atoms with E-state index < -0.39 is 0 Å². The van der Waals surface area contributed by atoms with E-state index in [-0.39, 0.29) is 11.8 Å². The average Bonchev–Trinajstić information content (AvgIpc) is 2.47. The van der Waals surface area contributed by atoms with Crippen molar-refractivity contribution in [1.29, 1.82) is 5.26 Å². The number of anilines is 2. The van der Waals surface area contributed by atoms with Gasteiger partial charge in [0.2, 0.25) is 11.9 Å². The highest BCUT2D eigenvalue weighted by Gasteiger charge is 2.10. The molecule has 1 heterocycles. The van der Waals surface area contributed by atoms with Crippen molar-refractivity contribution in [2.24, 2.45) is 0 Å². The number of allylic oxidation sites excluding steroid dienone is 1.